The predicted octanol–water partition coefficient (Wildman–Crippen LogP) is 2.32. The number of thiazole rings is 1. The van der Waals surface area contributed by atoms with E-state index < -0.39 is 0 Å². The maximum atomic E-state index is 12.8. The molecule has 3 fully saturated rings. The molecule has 7 heteroatoms. The predicted molar refractivity (Wildman–Crippen MR) is 90.3 cm³/mol. The molecule has 2 bridgehead atoms. The Hall–Kier alpha value is -1.73. The van der Waals surface area contributed by atoms with Crippen LogP contribution in [0.2, 0.25) is 0 Å². The SMILES string of the molecule is CCc1cc(CN2C[C@H]3CC[C@@H](C2)N(Cc2cscn2)C3=O)on1. The molecule has 2 aromatic rings. The second-order valence-corrected chi connectivity index (χ2v) is 7.42. The topological polar surface area (TPSA) is 62.5 Å². The van der Waals surface area contributed by atoms with Crippen LogP contribution in [-0.2, 0) is 24.3 Å². The molecule has 5 rings (SSSR count). The molecule has 6 nitrogen and oxygen atoms in total. The van der Waals surface area contributed by atoms with Crippen LogP contribution in [0.1, 0.15) is 36.9 Å². The van der Waals surface area contributed by atoms with E-state index in [4.69, 9.17) is 4.52 Å². The zero-order valence-corrected chi connectivity index (χ0v) is 14.7. The molecule has 3 aliphatic rings. The lowest BCUT2D eigenvalue weighted by molar-refractivity contribution is -0.140. The number of amides is 1. The third-order valence-corrected chi connectivity index (χ3v) is 5.67. The summed E-state index contributed by atoms with van der Waals surface area (Å²) in [5.41, 5.74) is 3.82. The van der Waals surface area contributed by atoms with E-state index in [1.165, 1.54) is 0 Å². The molecule has 0 radical (unpaired) electrons. The quantitative estimate of drug-likeness (QED) is 0.831. The summed E-state index contributed by atoms with van der Waals surface area (Å²) < 4.78 is 5.43. The largest absolute Gasteiger partial charge is 0.360 e. The van der Waals surface area contributed by atoms with Crippen LogP contribution in [0.5, 0.6) is 0 Å². The van der Waals surface area contributed by atoms with Crippen molar-refractivity contribution < 1.29 is 9.32 Å². The lowest BCUT2D eigenvalue weighted by Crippen LogP contribution is -2.47. The Balaban J connectivity index is 1.48. The van der Waals surface area contributed by atoms with Gasteiger partial charge >= 0.3 is 0 Å². The van der Waals surface area contributed by atoms with Gasteiger partial charge in [-0.05, 0) is 19.3 Å². The zero-order chi connectivity index (χ0) is 16.5. The second-order valence-electron chi connectivity index (χ2n) is 6.71. The molecule has 2 atom stereocenters. The highest BCUT2D eigenvalue weighted by Crippen LogP contribution is 2.31. The van der Waals surface area contributed by atoms with Crippen LogP contribution in [-0.4, -0.2) is 45.0 Å². The molecule has 0 N–H and O–H groups in total. The number of fused-ring (bicyclic) bond motifs is 4. The fourth-order valence-electron chi connectivity index (χ4n) is 3.77. The van der Waals surface area contributed by atoms with Crippen LogP contribution in [0, 0.1) is 5.92 Å². The van der Waals surface area contributed by atoms with Gasteiger partial charge in [-0.3, -0.25) is 9.69 Å². The van der Waals surface area contributed by atoms with Gasteiger partial charge in [-0.25, -0.2) is 4.98 Å². The Kier molecular flexibility index (Phi) is 4.37. The average molecular weight is 346 g/mol. The molecule has 0 aliphatic carbocycles. The van der Waals surface area contributed by atoms with Crippen molar-refractivity contribution in [2.24, 2.45) is 5.92 Å². The minimum Gasteiger partial charge on any atom is -0.360 e. The number of rotatable bonds is 5. The fraction of sp³-hybridized carbons (Fsp3) is 0.588. The molecule has 0 saturated carbocycles. The molecule has 3 saturated heterocycles. The lowest BCUT2D eigenvalue weighted by atomic mass is 9.94. The first-order valence-corrected chi connectivity index (χ1v) is 9.51. The van der Waals surface area contributed by atoms with Crippen LogP contribution >= 0.6 is 11.3 Å². The summed E-state index contributed by atoms with van der Waals surface area (Å²) >= 11 is 1.58. The number of piperidine rings is 1. The standard InChI is InChI=1S/C17H22N4O2S/c1-2-13-5-16(23-19-13)9-20-6-12-3-4-15(8-20)21(17(12)22)7-14-10-24-11-18-14/h5,10-12,15H,2-4,6-9H2,1H3/t12-,15+/m1/s1. The molecule has 2 aromatic heterocycles. The summed E-state index contributed by atoms with van der Waals surface area (Å²) in [7, 11) is 0. The van der Waals surface area contributed by atoms with E-state index >= 15 is 0 Å². The minimum absolute atomic E-state index is 0.0935. The van der Waals surface area contributed by atoms with E-state index in [0.717, 1.165) is 56.0 Å². The number of aryl methyl sites for hydroxylation is 1. The van der Waals surface area contributed by atoms with Crippen molar-refractivity contribution in [1.29, 1.82) is 0 Å². The van der Waals surface area contributed by atoms with Crippen LogP contribution in [0.15, 0.2) is 21.5 Å². The summed E-state index contributed by atoms with van der Waals surface area (Å²) in [6.07, 6.45) is 2.95. The normalized spacial score (nSPS) is 24.5. The van der Waals surface area contributed by atoms with Gasteiger partial charge in [0.25, 0.3) is 0 Å². The summed E-state index contributed by atoms with van der Waals surface area (Å²) in [6, 6.07) is 2.30. The monoisotopic (exact) mass is 346 g/mol. The molecule has 0 spiro atoms. The van der Waals surface area contributed by atoms with Crippen LogP contribution in [0.25, 0.3) is 0 Å². The number of hydrogen-bond acceptors (Lipinski definition) is 6. The van der Waals surface area contributed by atoms with Crippen molar-refractivity contribution in [2.75, 3.05) is 13.1 Å². The number of carbonyl (C=O) groups excluding carboxylic acids is 1. The lowest BCUT2D eigenvalue weighted by Gasteiger charge is -2.35. The Labute approximate surface area is 145 Å². The molecule has 0 aromatic carbocycles. The van der Waals surface area contributed by atoms with Crippen molar-refractivity contribution in [3.8, 4) is 0 Å². The summed E-state index contributed by atoms with van der Waals surface area (Å²) in [6.45, 7) is 5.15. The Morgan fingerprint density at radius 2 is 2.21 bits per heavy atom. The number of nitrogens with zero attached hydrogens (tertiary/aromatic N) is 4. The third kappa shape index (κ3) is 3.10. The van der Waals surface area contributed by atoms with Gasteiger partial charge in [0.05, 0.1) is 35.9 Å². The maximum Gasteiger partial charge on any atom is 0.227 e. The summed E-state index contributed by atoms with van der Waals surface area (Å²) in [5, 5.41) is 6.10. The minimum atomic E-state index is 0.0935. The van der Waals surface area contributed by atoms with E-state index in [0.29, 0.717) is 6.54 Å². The molecule has 1 amide bonds. The zero-order valence-electron chi connectivity index (χ0n) is 13.9. The summed E-state index contributed by atoms with van der Waals surface area (Å²) in [4.78, 5) is 21.6. The van der Waals surface area contributed by atoms with E-state index in [1.54, 1.807) is 11.3 Å². The van der Waals surface area contributed by atoms with E-state index in [-0.39, 0.29) is 17.9 Å². The highest BCUT2D eigenvalue weighted by Gasteiger charge is 2.40. The van der Waals surface area contributed by atoms with Crippen LogP contribution in [0.3, 0.4) is 0 Å². The Bertz CT molecular complexity index is 699. The second kappa shape index (κ2) is 6.64. The van der Waals surface area contributed by atoms with Gasteiger partial charge in [0.2, 0.25) is 5.91 Å². The van der Waals surface area contributed by atoms with Gasteiger partial charge in [-0.1, -0.05) is 12.1 Å². The van der Waals surface area contributed by atoms with Crippen LogP contribution < -0.4 is 0 Å². The number of aromatic nitrogens is 2. The average Bonchev–Trinajstić information content (AvgIpc) is 3.18. The van der Waals surface area contributed by atoms with Gasteiger partial charge in [0.15, 0.2) is 5.76 Å². The Morgan fingerprint density at radius 1 is 1.29 bits per heavy atom. The molecule has 3 aliphatic heterocycles. The molecule has 5 heterocycles. The van der Waals surface area contributed by atoms with Gasteiger partial charge in [0.1, 0.15) is 0 Å². The highest BCUT2D eigenvalue weighted by molar-refractivity contribution is 7.07. The van der Waals surface area contributed by atoms with Gasteiger partial charge in [0, 0.05) is 30.6 Å². The van der Waals surface area contributed by atoms with E-state index in [9.17, 15) is 4.79 Å². The van der Waals surface area contributed by atoms with Crippen molar-refractivity contribution >= 4 is 17.2 Å². The van der Waals surface area contributed by atoms with Gasteiger partial charge in [-0.2, -0.15) is 0 Å². The molecule has 0 unspecified atom stereocenters. The van der Waals surface area contributed by atoms with Gasteiger partial charge in [-0.15, -0.1) is 11.3 Å². The third-order valence-electron chi connectivity index (χ3n) is 5.03. The first-order valence-electron chi connectivity index (χ1n) is 8.57. The maximum absolute atomic E-state index is 12.8. The molecular formula is C17H22N4O2S. The van der Waals surface area contributed by atoms with Crippen molar-refractivity contribution in [1.82, 2.24) is 19.9 Å². The fourth-order valence-corrected chi connectivity index (χ4v) is 4.32. The molecule has 24 heavy (non-hydrogen) atoms. The van der Waals surface area contributed by atoms with Crippen molar-refractivity contribution in [3.63, 3.8) is 0 Å². The van der Waals surface area contributed by atoms with E-state index in [1.807, 2.05) is 21.9 Å². The first kappa shape index (κ1) is 15.8. The molecular weight excluding hydrogens is 324 g/mol. The smallest absolute Gasteiger partial charge is 0.227 e. The number of hydrogen-bond donors (Lipinski definition) is 0. The van der Waals surface area contributed by atoms with E-state index in [2.05, 4.69) is 22.0 Å². The van der Waals surface area contributed by atoms with Crippen molar-refractivity contribution in [2.45, 2.75) is 45.3 Å². The first-order chi connectivity index (χ1) is 11.7. The Morgan fingerprint density at radius 3 is 2.96 bits per heavy atom. The van der Waals surface area contributed by atoms with Gasteiger partial charge < -0.3 is 9.42 Å². The highest BCUT2D eigenvalue weighted by atomic mass is 32.1. The summed E-state index contributed by atoms with van der Waals surface area (Å²) in [5.74, 6) is 1.27. The molecule has 128 valence electrons. The van der Waals surface area contributed by atoms with Crippen LogP contribution in [0.4, 0.5) is 0 Å². The van der Waals surface area contributed by atoms with Crippen molar-refractivity contribution in [3.05, 3.63) is 34.1 Å². The number of carbonyl (C=O) groups is 1.